The molecule has 1 fully saturated rings. The standard InChI is InChI=1S/C21H21FN6O/c1-2-17-18-14(12-5-6-23-10-12)3-4-15(19(18)27-26-17)21(29)25-13-9-16(22)20-24-7-8-28(20)11-13/h3-4,7-9,11-12,23H,2,5-6,10H2,1H3,(H,25,29)(H,26,27). The number of pyridine rings is 1. The summed E-state index contributed by atoms with van der Waals surface area (Å²) in [7, 11) is 0. The molecule has 0 spiro atoms. The molecule has 0 aliphatic carbocycles. The van der Waals surface area contributed by atoms with Crippen molar-refractivity contribution >= 4 is 28.1 Å². The Bertz CT molecular complexity index is 1220. The number of carbonyl (C=O) groups excluding carboxylic acids is 1. The van der Waals surface area contributed by atoms with Crippen LogP contribution >= 0.6 is 0 Å². The minimum atomic E-state index is -0.491. The third kappa shape index (κ3) is 2.96. The van der Waals surface area contributed by atoms with E-state index in [0.717, 1.165) is 37.0 Å². The monoisotopic (exact) mass is 392 g/mol. The molecule has 0 saturated carbocycles. The van der Waals surface area contributed by atoms with Gasteiger partial charge in [0.05, 0.1) is 11.3 Å². The SMILES string of the molecule is CCc1[nH]nc2c(C(=O)Nc3cc(F)c4nccn4c3)ccc(C3CCNC3)c12. The molecule has 7 nitrogen and oxygen atoms in total. The zero-order valence-corrected chi connectivity index (χ0v) is 16.0. The quantitative estimate of drug-likeness (QED) is 0.498. The lowest BCUT2D eigenvalue weighted by Crippen LogP contribution is -2.14. The molecule has 0 radical (unpaired) electrons. The second kappa shape index (κ2) is 6.97. The van der Waals surface area contributed by atoms with Gasteiger partial charge in [-0.1, -0.05) is 13.0 Å². The zero-order valence-electron chi connectivity index (χ0n) is 16.0. The number of benzene rings is 1. The van der Waals surface area contributed by atoms with Gasteiger partial charge in [-0.25, -0.2) is 9.37 Å². The number of carbonyl (C=O) groups is 1. The first kappa shape index (κ1) is 17.8. The number of hydrogen-bond donors (Lipinski definition) is 3. The van der Waals surface area contributed by atoms with E-state index in [1.807, 2.05) is 12.1 Å². The van der Waals surface area contributed by atoms with Crippen LogP contribution < -0.4 is 10.6 Å². The Morgan fingerprint density at radius 2 is 2.31 bits per heavy atom. The summed E-state index contributed by atoms with van der Waals surface area (Å²) < 4.78 is 15.7. The molecule has 0 bridgehead atoms. The third-order valence-corrected chi connectivity index (χ3v) is 5.61. The number of nitrogens with one attached hydrogen (secondary N) is 3. The fourth-order valence-electron chi connectivity index (χ4n) is 4.18. The van der Waals surface area contributed by atoms with Crippen LogP contribution in [0.5, 0.6) is 0 Å². The summed E-state index contributed by atoms with van der Waals surface area (Å²) >= 11 is 0. The van der Waals surface area contributed by atoms with Crippen molar-refractivity contribution in [3.8, 4) is 0 Å². The molecule has 3 aromatic heterocycles. The van der Waals surface area contributed by atoms with Crippen molar-refractivity contribution in [1.82, 2.24) is 24.9 Å². The van der Waals surface area contributed by atoms with Crippen molar-refractivity contribution in [3.05, 3.63) is 59.4 Å². The van der Waals surface area contributed by atoms with Crippen LogP contribution in [0.4, 0.5) is 10.1 Å². The van der Waals surface area contributed by atoms with Crippen LogP contribution in [0.15, 0.2) is 36.8 Å². The summed E-state index contributed by atoms with van der Waals surface area (Å²) in [5.41, 5.74) is 3.96. The van der Waals surface area contributed by atoms with E-state index < -0.39 is 5.82 Å². The van der Waals surface area contributed by atoms with Gasteiger partial charge < -0.3 is 15.0 Å². The molecular formula is C21H21FN6O. The van der Waals surface area contributed by atoms with Gasteiger partial charge in [-0.2, -0.15) is 5.10 Å². The highest BCUT2D eigenvalue weighted by Gasteiger charge is 2.24. The molecule has 29 heavy (non-hydrogen) atoms. The highest BCUT2D eigenvalue weighted by atomic mass is 19.1. The Hall–Kier alpha value is -3.26. The minimum absolute atomic E-state index is 0.222. The molecule has 5 rings (SSSR count). The van der Waals surface area contributed by atoms with Crippen molar-refractivity contribution < 1.29 is 9.18 Å². The van der Waals surface area contributed by atoms with E-state index in [1.165, 1.54) is 17.8 Å². The van der Waals surface area contributed by atoms with E-state index in [1.54, 1.807) is 16.8 Å². The fraction of sp³-hybridized carbons (Fsp3) is 0.286. The largest absolute Gasteiger partial charge is 0.320 e. The summed E-state index contributed by atoms with van der Waals surface area (Å²) in [6.07, 6.45) is 6.66. The average Bonchev–Trinajstić information content (AvgIpc) is 3.47. The Balaban J connectivity index is 1.54. The molecule has 1 unspecified atom stereocenters. The van der Waals surface area contributed by atoms with E-state index in [4.69, 9.17) is 0 Å². The maximum absolute atomic E-state index is 14.2. The molecule has 1 aliphatic rings. The minimum Gasteiger partial charge on any atom is -0.320 e. The molecule has 1 aliphatic heterocycles. The molecule has 1 saturated heterocycles. The van der Waals surface area contributed by atoms with Crippen molar-refractivity contribution in [3.63, 3.8) is 0 Å². The maximum atomic E-state index is 14.2. The topological polar surface area (TPSA) is 87.1 Å². The number of halogens is 1. The molecule has 4 heterocycles. The molecule has 3 N–H and O–H groups in total. The lowest BCUT2D eigenvalue weighted by molar-refractivity contribution is 0.102. The van der Waals surface area contributed by atoms with Crippen LogP contribution in [0.25, 0.3) is 16.6 Å². The van der Waals surface area contributed by atoms with Crippen LogP contribution in [-0.4, -0.2) is 38.6 Å². The first-order valence-electron chi connectivity index (χ1n) is 9.80. The summed E-state index contributed by atoms with van der Waals surface area (Å²) in [5, 5.41) is 14.8. The van der Waals surface area contributed by atoms with E-state index in [0.29, 0.717) is 22.7 Å². The van der Waals surface area contributed by atoms with Crippen LogP contribution in [0.1, 0.15) is 40.9 Å². The van der Waals surface area contributed by atoms with Crippen molar-refractivity contribution in [2.75, 3.05) is 18.4 Å². The summed E-state index contributed by atoms with van der Waals surface area (Å²) in [6.45, 7) is 3.99. The molecule has 8 heteroatoms. The number of hydrogen-bond acceptors (Lipinski definition) is 4. The molecule has 148 valence electrons. The maximum Gasteiger partial charge on any atom is 0.257 e. The summed E-state index contributed by atoms with van der Waals surface area (Å²) in [6, 6.07) is 5.12. The van der Waals surface area contributed by atoms with Crippen molar-refractivity contribution in [2.24, 2.45) is 0 Å². The number of rotatable bonds is 4. The van der Waals surface area contributed by atoms with Gasteiger partial charge in [0.1, 0.15) is 5.52 Å². The fourth-order valence-corrected chi connectivity index (χ4v) is 4.18. The van der Waals surface area contributed by atoms with Crippen LogP contribution in [0.2, 0.25) is 0 Å². The normalized spacial score (nSPS) is 16.7. The lowest BCUT2D eigenvalue weighted by atomic mass is 9.91. The number of anilines is 1. The van der Waals surface area contributed by atoms with Gasteiger partial charge in [-0.15, -0.1) is 0 Å². The zero-order chi connectivity index (χ0) is 20.0. The second-order valence-corrected chi connectivity index (χ2v) is 7.36. The van der Waals surface area contributed by atoms with Gasteiger partial charge in [0.25, 0.3) is 5.91 Å². The Morgan fingerprint density at radius 1 is 1.41 bits per heavy atom. The van der Waals surface area contributed by atoms with E-state index in [9.17, 15) is 9.18 Å². The summed E-state index contributed by atoms with van der Waals surface area (Å²) in [5.74, 6) is -0.399. The molecule has 1 aromatic carbocycles. The van der Waals surface area contributed by atoms with Crippen LogP contribution in [0.3, 0.4) is 0 Å². The van der Waals surface area contributed by atoms with Crippen molar-refractivity contribution in [1.29, 1.82) is 0 Å². The number of aryl methyl sites for hydroxylation is 1. The molecule has 1 amide bonds. The molecule has 1 atom stereocenters. The number of amides is 1. The molecular weight excluding hydrogens is 371 g/mol. The molecule has 4 aromatic rings. The number of aromatic amines is 1. The van der Waals surface area contributed by atoms with Gasteiger partial charge in [0, 0.05) is 42.3 Å². The first-order chi connectivity index (χ1) is 14.2. The summed E-state index contributed by atoms with van der Waals surface area (Å²) in [4.78, 5) is 17.0. The van der Waals surface area contributed by atoms with E-state index in [-0.39, 0.29) is 11.6 Å². The van der Waals surface area contributed by atoms with Gasteiger partial charge >= 0.3 is 0 Å². The predicted octanol–water partition coefficient (Wildman–Crippen LogP) is 3.24. The smallest absolute Gasteiger partial charge is 0.257 e. The first-order valence-corrected chi connectivity index (χ1v) is 9.80. The van der Waals surface area contributed by atoms with Gasteiger partial charge in [0.2, 0.25) is 0 Å². The number of H-pyrrole nitrogens is 1. The third-order valence-electron chi connectivity index (χ3n) is 5.61. The second-order valence-electron chi connectivity index (χ2n) is 7.36. The highest BCUT2D eigenvalue weighted by Crippen LogP contribution is 2.33. The number of aromatic nitrogens is 4. The van der Waals surface area contributed by atoms with Crippen LogP contribution in [0, 0.1) is 5.82 Å². The van der Waals surface area contributed by atoms with E-state index >= 15 is 0 Å². The average molecular weight is 392 g/mol. The Morgan fingerprint density at radius 3 is 3.10 bits per heavy atom. The lowest BCUT2D eigenvalue weighted by Gasteiger charge is -2.13. The number of fused-ring (bicyclic) bond motifs is 2. The van der Waals surface area contributed by atoms with E-state index in [2.05, 4.69) is 32.7 Å². The van der Waals surface area contributed by atoms with Crippen molar-refractivity contribution in [2.45, 2.75) is 25.7 Å². The van der Waals surface area contributed by atoms with Gasteiger partial charge in [0.15, 0.2) is 11.5 Å². The predicted molar refractivity (Wildman–Crippen MR) is 109 cm³/mol. The van der Waals surface area contributed by atoms with Gasteiger partial charge in [-0.05, 0) is 36.9 Å². The van der Waals surface area contributed by atoms with Crippen LogP contribution in [-0.2, 0) is 6.42 Å². The number of nitrogens with zero attached hydrogens (tertiary/aromatic N) is 3. The Labute approximate surface area is 166 Å². The highest BCUT2D eigenvalue weighted by molar-refractivity contribution is 6.12. The Kier molecular flexibility index (Phi) is 4.28. The number of imidazole rings is 1. The van der Waals surface area contributed by atoms with Gasteiger partial charge in [-0.3, -0.25) is 9.89 Å².